The summed E-state index contributed by atoms with van der Waals surface area (Å²) in [5.41, 5.74) is 2.41. The van der Waals surface area contributed by atoms with Crippen LogP contribution in [-0.2, 0) is 6.61 Å². The molecule has 0 aliphatic heterocycles. The van der Waals surface area contributed by atoms with Crippen LogP contribution in [-0.4, -0.2) is 26.7 Å². The molecule has 0 amide bonds. The topological polar surface area (TPSA) is 61.5 Å². The van der Waals surface area contributed by atoms with Gasteiger partial charge in [0, 0.05) is 29.9 Å². The monoisotopic (exact) mass is 418 g/mol. The highest BCUT2D eigenvalue weighted by molar-refractivity contribution is 5.85. The maximum Gasteiger partial charge on any atom is 0.175 e. The number of halogens is 2. The predicted molar refractivity (Wildman–Crippen MR) is 111 cm³/mol. The van der Waals surface area contributed by atoms with Crippen LogP contribution in [0.2, 0.25) is 0 Å². The fourth-order valence-corrected chi connectivity index (χ4v) is 3.42. The fourth-order valence-electron chi connectivity index (χ4n) is 3.42. The number of rotatable bonds is 5. The lowest BCUT2D eigenvalue weighted by Crippen LogP contribution is -2.02. The van der Waals surface area contributed by atoms with Gasteiger partial charge in [0.1, 0.15) is 29.7 Å². The first-order chi connectivity index (χ1) is 15.1. The van der Waals surface area contributed by atoms with Crippen molar-refractivity contribution >= 4 is 16.6 Å². The van der Waals surface area contributed by atoms with Gasteiger partial charge in [-0.3, -0.25) is 9.38 Å². The first-order valence-corrected chi connectivity index (χ1v) is 9.46. The van der Waals surface area contributed by atoms with E-state index in [4.69, 9.17) is 9.47 Å². The minimum Gasteiger partial charge on any atom is -0.497 e. The Labute approximate surface area is 175 Å². The molecule has 5 rings (SSSR count). The van der Waals surface area contributed by atoms with Crippen LogP contribution in [0.25, 0.3) is 27.7 Å². The number of benzene rings is 2. The molecule has 31 heavy (non-hydrogen) atoms. The summed E-state index contributed by atoms with van der Waals surface area (Å²) in [5.74, 6) is 0.633. The van der Waals surface area contributed by atoms with Crippen LogP contribution in [0.4, 0.5) is 8.78 Å². The molecule has 2 aromatic carbocycles. The van der Waals surface area contributed by atoms with Crippen molar-refractivity contribution < 1.29 is 18.3 Å². The van der Waals surface area contributed by atoms with E-state index in [-0.39, 0.29) is 6.61 Å². The first-order valence-electron chi connectivity index (χ1n) is 9.46. The molecule has 0 atom stereocenters. The van der Waals surface area contributed by atoms with Crippen LogP contribution in [0.3, 0.4) is 0 Å². The molecule has 3 heterocycles. The Kier molecular flexibility index (Phi) is 4.66. The largest absolute Gasteiger partial charge is 0.497 e. The second-order valence-electron chi connectivity index (χ2n) is 6.90. The SMILES string of the molecule is COc1ccc2c(OCc3nnc4ccc(-c5cc(F)cc(F)c5)cn34)ccnc2c1. The van der Waals surface area contributed by atoms with E-state index in [0.717, 1.165) is 17.0 Å². The van der Waals surface area contributed by atoms with Crippen molar-refractivity contribution in [3.63, 3.8) is 0 Å². The average molecular weight is 418 g/mol. The molecule has 0 bridgehead atoms. The van der Waals surface area contributed by atoms with Crippen LogP contribution in [0, 0.1) is 11.6 Å². The Morgan fingerprint density at radius 3 is 2.55 bits per heavy atom. The molecule has 0 N–H and O–H groups in total. The van der Waals surface area contributed by atoms with Crippen LogP contribution < -0.4 is 9.47 Å². The summed E-state index contributed by atoms with van der Waals surface area (Å²) in [6.07, 6.45) is 3.40. The molecule has 0 saturated heterocycles. The molecule has 0 aliphatic carbocycles. The van der Waals surface area contributed by atoms with Gasteiger partial charge in [0.05, 0.1) is 12.6 Å². The van der Waals surface area contributed by atoms with Crippen molar-refractivity contribution in [2.24, 2.45) is 0 Å². The highest BCUT2D eigenvalue weighted by Gasteiger charge is 2.11. The Morgan fingerprint density at radius 2 is 1.74 bits per heavy atom. The third-order valence-electron chi connectivity index (χ3n) is 4.94. The summed E-state index contributed by atoms with van der Waals surface area (Å²) in [7, 11) is 1.60. The molecule has 6 nitrogen and oxygen atoms in total. The minimum atomic E-state index is -0.636. The summed E-state index contributed by atoms with van der Waals surface area (Å²) in [6, 6.07) is 14.2. The van der Waals surface area contributed by atoms with Crippen LogP contribution in [0.5, 0.6) is 11.5 Å². The normalized spacial score (nSPS) is 11.2. The van der Waals surface area contributed by atoms with Crippen molar-refractivity contribution in [1.82, 2.24) is 19.6 Å². The zero-order valence-electron chi connectivity index (χ0n) is 16.4. The number of ether oxygens (including phenoxy) is 2. The van der Waals surface area contributed by atoms with E-state index >= 15 is 0 Å². The Bertz CT molecular complexity index is 1400. The summed E-state index contributed by atoms with van der Waals surface area (Å²) in [5, 5.41) is 9.17. The smallest absolute Gasteiger partial charge is 0.175 e. The summed E-state index contributed by atoms with van der Waals surface area (Å²) in [6.45, 7) is 0.146. The van der Waals surface area contributed by atoms with Gasteiger partial charge in [-0.1, -0.05) is 0 Å². The van der Waals surface area contributed by atoms with E-state index in [1.165, 1.54) is 12.1 Å². The van der Waals surface area contributed by atoms with Gasteiger partial charge in [-0.2, -0.15) is 0 Å². The maximum absolute atomic E-state index is 13.6. The number of aromatic nitrogens is 4. The number of hydrogen-bond donors (Lipinski definition) is 0. The van der Waals surface area contributed by atoms with Crippen molar-refractivity contribution in [1.29, 1.82) is 0 Å². The summed E-state index contributed by atoms with van der Waals surface area (Å²) < 4.78 is 40.2. The second-order valence-corrected chi connectivity index (χ2v) is 6.90. The lowest BCUT2D eigenvalue weighted by molar-refractivity contribution is 0.298. The van der Waals surface area contributed by atoms with Gasteiger partial charge < -0.3 is 9.47 Å². The molecule has 5 aromatic rings. The van der Waals surface area contributed by atoms with Gasteiger partial charge >= 0.3 is 0 Å². The molecule has 0 fully saturated rings. The van der Waals surface area contributed by atoms with Crippen molar-refractivity contribution in [2.45, 2.75) is 6.61 Å². The third-order valence-corrected chi connectivity index (χ3v) is 4.94. The molecule has 8 heteroatoms. The van der Waals surface area contributed by atoms with Crippen LogP contribution >= 0.6 is 0 Å². The number of fused-ring (bicyclic) bond motifs is 2. The quantitative estimate of drug-likeness (QED) is 0.410. The average Bonchev–Trinajstić information content (AvgIpc) is 3.18. The van der Waals surface area contributed by atoms with Gasteiger partial charge in [0.25, 0.3) is 0 Å². The molecule has 0 aliphatic rings. The summed E-state index contributed by atoms with van der Waals surface area (Å²) in [4.78, 5) is 4.35. The molecule has 0 unspecified atom stereocenters. The Hall–Kier alpha value is -4.07. The highest BCUT2D eigenvalue weighted by atomic mass is 19.1. The minimum absolute atomic E-state index is 0.146. The van der Waals surface area contributed by atoms with E-state index < -0.39 is 11.6 Å². The Morgan fingerprint density at radius 1 is 0.903 bits per heavy atom. The third kappa shape index (κ3) is 3.63. The van der Waals surface area contributed by atoms with Crippen LogP contribution in [0.1, 0.15) is 5.82 Å². The van der Waals surface area contributed by atoms with Crippen molar-refractivity contribution in [3.05, 3.63) is 84.4 Å². The second kappa shape index (κ2) is 7.64. The molecular formula is C23H16F2N4O2. The lowest BCUT2D eigenvalue weighted by atomic mass is 10.1. The van der Waals surface area contributed by atoms with Gasteiger partial charge in [-0.15, -0.1) is 10.2 Å². The molecule has 3 aromatic heterocycles. The standard InChI is InChI=1S/C23H16F2N4O2/c1-30-18-3-4-19-20(11-18)26-7-6-21(19)31-13-23-28-27-22-5-2-14(12-29(22)23)15-8-16(24)10-17(25)9-15/h2-12H,13H2,1H3. The van der Waals surface area contributed by atoms with Gasteiger partial charge in [0.15, 0.2) is 11.5 Å². The summed E-state index contributed by atoms with van der Waals surface area (Å²) >= 11 is 0. The zero-order valence-corrected chi connectivity index (χ0v) is 16.4. The van der Waals surface area contributed by atoms with E-state index in [1.54, 1.807) is 42.1 Å². The number of pyridine rings is 2. The zero-order chi connectivity index (χ0) is 21.4. The number of hydrogen-bond acceptors (Lipinski definition) is 5. The number of nitrogens with zero attached hydrogens (tertiary/aromatic N) is 4. The molecular weight excluding hydrogens is 402 g/mol. The predicted octanol–water partition coefficient (Wildman–Crippen LogP) is 4.81. The maximum atomic E-state index is 13.6. The molecule has 0 saturated carbocycles. The van der Waals surface area contributed by atoms with Crippen molar-refractivity contribution in [2.75, 3.05) is 7.11 Å². The molecule has 0 radical (unpaired) electrons. The van der Waals surface area contributed by atoms with Gasteiger partial charge in [-0.05, 0) is 53.6 Å². The van der Waals surface area contributed by atoms with E-state index in [9.17, 15) is 8.78 Å². The highest BCUT2D eigenvalue weighted by Crippen LogP contribution is 2.28. The molecule has 0 spiro atoms. The van der Waals surface area contributed by atoms with Gasteiger partial charge in [0.2, 0.25) is 0 Å². The molecule has 154 valence electrons. The van der Waals surface area contributed by atoms with E-state index in [0.29, 0.717) is 34.1 Å². The fraction of sp³-hybridized carbons (Fsp3) is 0.0870. The lowest BCUT2D eigenvalue weighted by Gasteiger charge is -2.09. The van der Waals surface area contributed by atoms with E-state index in [2.05, 4.69) is 15.2 Å². The van der Waals surface area contributed by atoms with Crippen LogP contribution in [0.15, 0.2) is 67.0 Å². The number of methoxy groups -OCH3 is 1. The van der Waals surface area contributed by atoms with Gasteiger partial charge in [-0.25, -0.2) is 8.78 Å². The Balaban J connectivity index is 1.47. The van der Waals surface area contributed by atoms with Crippen molar-refractivity contribution in [3.8, 4) is 22.6 Å². The first kappa shape index (κ1) is 18.9. The van der Waals surface area contributed by atoms with E-state index in [1.807, 2.05) is 18.2 Å².